The number of hydrogen-bond acceptors (Lipinski definition) is 4. The average molecular weight is 383 g/mol. The number of benzene rings is 1. The number of thiocarbonyl (C=S) groups is 1. The molecule has 0 unspecified atom stereocenters. The number of nitrogens with zero attached hydrogens (tertiary/aromatic N) is 1. The number of halogens is 2. The van der Waals surface area contributed by atoms with Crippen LogP contribution >= 0.6 is 46.8 Å². The van der Waals surface area contributed by atoms with E-state index in [1.54, 1.807) is 6.08 Å². The van der Waals surface area contributed by atoms with Gasteiger partial charge in [-0.05, 0) is 47.9 Å². The van der Waals surface area contributed by atoms with Gasteiger partial charge < -0.3 is 5.32 Å². The monoisotopic (exact) mass is 382 g/mol. The van der Waals surface area contributed by atoms with Crippen molar-refractivity contribution in [3.8, 4) is 0 Å². The zero-order valence-electron chi connectivity index (χ0n) is 11.4. The minimum absolute atomic E-state index is 0.0221. The van der Waals surface area contributed by atoms with Gasteiger partial charge in [-0.25, -0.2) is 4.90 Å². The summed E-state index contributed by atoms with van der Waals surface area (Å²) in [4.78, 5) is 26.8. The molecule has 8 heteroatoms. The fourth-order valence-corrected chi connectivity index (χ4v) is 3.44. The highest BCUT2D eigenvalue weighted by Gasteiger charge is 2.37. The van der Waals surface area contributed by atoms with Crippen molar-refractivity contribution in [2.75, 3.05) is 0 Å². The number of imide groups is 1. The van der Waals surface area contributed by atoms with Crippen molar-refractivity contribution in [2.24, 2.45) is 0 Å². The predicted octanol–water partition coefficient (Wildman–Crippen LogP) is 3.95. The van der Waals surface area contributed by atoms with Crippen LogP contribution in [0.2, 0.25) is 10.0 Å². The SMILES string of the molecule is O=C1/C(=C/c2cccs2)NC(=S)N1C(=O)c1ccc(Cl)cc1Cl. The van der Waals surface area contributed by atoms with Gasteiger partial charge in [-0.3, -0.25) is 9.59 Å². The summed E-state index contributed by atoms with van der Waals surface area (Å²) in [5.41, 5.74) is 0.404. The molecule has 23 heavy (non-hydrogen) atoms. The number of carbonyl (C=O) groups is 2. The van der Waals surface area contributed by atoms with Gasteiger partial charge in [-0.15, -0.1) is 11.3 Å². The molecule has 2 amide bonds. The first-order valence-corrected chi connectivity index (χ1v) is 8.42. The van der Waals surface area contributed by atoms with Crippen molar-refractivity contribution in [2.45, 2.75) is 0 Å². The summed E-state index contributed by atoms with van der Waals surface area (Å²) < 4.78 is 0. The minimum atomic E-state index is -0.594. The van der Waals surface area contributed by atoms with Crippen LogP contribution in [0.3, 0.4) is 0 Å². The molecule has 4 nitrogen and oxygen atoms in total. The van der Waals surface area contributed by atoms with Gasteiger partial charge in [0.1, 0.15) is 5.70 Å². The molecule has 0 bridgehead atoms. The van der Waals surface area contributed by atoms with Gasteiger partial charge in [0, 0.05) is 9.90 Å². The lowest BCUT2D eigenvalue weighted by Gasteiger charge is -2.13. The van der Waals surface area contributed by atoms with E-state index in [1.165, 1.54) is 29.5 Å². The molecule has 2 heterocycles. The van der Waals surface area contributed by atoms with Crippen molar-refractivity contribution in [1.82, 2.24) is 10.2 Å². The molecule has 2 aromatic rings. The molecule has 1 aromatic heterocycles. The van der Waals surface area contributed by atoms with Gasteiger partial charge in [-0.2, -0.15) is 0 Å². The molecule has 1 aliphatic heterocycles. The average Bonchev–Trinajstić information content (AvgIpc) is 3.08. The Kier molecular flexibility index (Phi) is 4.50. The van der Waals surface area contributed by atoms with Crippen LogP contribution < -0.4 is 5.32 Å². The second-order valence-corrected chi connectivity index (χ2v) is 6.78. The Hall–Kier alpha value is -1.73. The van der Waals surface area contributed by atoms with Crippen LogP contribution in [0.1, 0.15) is 15.2 Å². The molecule has 1 aromatic carbocycles. The zero-order chi connectivity index (χ0) is 16.6. The van der Waals surface area contributed by atoms with Crippen LogP contribution in [0.5, 0.6) is 0 Å². The Morgan fingerprint density at radius 1 is 1.30 bits per heavy atom. The van der Waals surface area contributed by atoms with Crippen LogP contribution in [0.25, 0.3) is 6.08 Å². The molecule has 3 rings (SSSR count). The standard InChI is InChI=1S/C15H8Cl2N2O2S2/c16-8-3-4-10(11(17)6-8)13(20)19-14(21)12(18-15(19)22)7-9-2-1-5-23-9/h1-7H,(H,18,22)/b12-7-. The molecule has 1 aliphatic rings. The highest BCUT2D eigenvalue weighted by atomic mass is 35.5. The molecule has 0 spiro atoms. The lowest BCUT2D eigenvalue weighted by atomic mass is 10.2. The van der Waals surface area contributed by atoms with Crippen LogP contribution in [-0.4, -0.2) is 21.8 Å². The molecule has 0 radical (unpaired) electrons. The van der Waals surface area contributed by atoms with Gasteiger partial charge in [0.25, 0.3) is 11.8 Å². The Labute approximate surface area is 151 Å². The third-order valence-electron chi connectivity index (χ3n) is 3.07. The lowest BCUT2D eigenvalue weighted by Crippen LogP contribution is -2.36. The first-order chi connectivity index (χ1) is 11.0. The van der Waals surface area contributed by atoms with E-state index in [-0.39, 0.29) is 21.4 Å². The summed E-state index contributed by atoms with van der Waals surface area (Å²) in [5.74, 6) is -1.11. The maximum atomic E-state index is 12.6. The third kappa shape index (κ3) is 3.16. The lowest BCUT2D eigenvalue weighted by molar-refractivity contribution is -0.120. The molecule has 1 fully saturated rings. The van der Waals surface area contributed by atoms with Crippen LogP contribution in [-0.2, 0) is 4.79 Å². The summed E-state index contributed by atoms with van der Waals surface area (Å²) in [7, 11) is 0. The number of amides is 2. The summed E-state index contributed by atoms with van der Waals surface area (Å²) in [6.07, 6.45) is 1.65. The molecule has 116 valence electrons. The van der Waals surface area contributed by atoms with Crippen LogP contribution in [0.4, 0.5) is 0 Å². The number of hydrogen-bond donors (Lipinski definition) is 1. The van der Waals surface area contributed by atoms with E-state index in [0.717, 1.165) is 9.78 Å². The van der Waals surface area contributed by atoms with E-state index < -0.39 is 11.8 Å². The number of rotatable bonds is 2. The molecule has 0 saturated carbocycles. The van der Waals surface area contributed by atoms with Gasteiger partial charge >= 0.3 is 0 Å². The second-order valence-electron chi connectivity index (χ2n) is 4.57. The van der Waals surface area contributed by atoms with Crippen molar-refractivity contribution < 1.29 is 9.59 Å². The van der Waals surface area contributed by atoms with Gasteiger partial charge in [0.05, 0.1) is 10.6 Å². The van der Waals surface area contributed by atoms with E-state index in [4.69, 9.17) is 35.4 Å². The summed E-state index contributed by atoms with van der Waals surface area (Å²) in [6.45, 7) is 0. The molecule has 1 N–H and O–H groups in total. The molecule has 0 aliphatic carbocycles. The molecule has 1 saturated heterocycles. The van der Waals surface area contributed by atoms with Crippen molar-refractivity contribution in [3.05, 3.63) is 61.9 Å². The summed E-state index contributed by atoms with van der Waals surface area (Å²) in [5, 5.41) is 5.23. The van der Waals surface area contributed by atoms with E-state index >= 15 is 0 Å². The minimum Gasteiger partial charge on any atom is -0.327 e. The Balaban J connectivity index is 1.92. The fourth-order valence-electron chi connectivity index (χ4n) is 2.02. The zero-order valence-corrected chi connectivity index (χ0v) is 14.5. The van der Waals surface area contributed by atoms with E-state index in [1.807, 2.05) is 17.5 Å². The molecular weight excluding hydrogens is 375 g/mol. The van der Waals surface area contributed by atoms with Crippen molar-refractivity contribution >= 4 is 69.8 Å². The predicted molar refractivity (Wildman–Crippen MR) is 95.7 cm³/mol. The third-order valence-corrected chi connectivity index (χ3v) is 4.72. The molecular formula is C15H8Cl2N2O2S2. The van der Waals surface area contributed by atoms with E-state index in [9.17, 15) is 9.59 Å². The second kappa shape index (κ2) is 6.41. The van der Waals surface area contributed by atoms with Crippen LogP contribution in [0.15, 0.2) is 41.4 Å². The smallest absolute Gasteiger partial charge is 0.283 e. The van der Waals surface area contributed by atoms with Crippen LogP contribution in [0, 0.1) is 0 Å². The normalized spacial score (nSPS) is 16.1. The fraction of sp³-hybridized carbons (Fsp3) is 0. The number of thiophene rings is 1. The maximum Gasteiger partial charge on any atom is 0.283 e. The Morgan fingerprint density at radius 3 is 2.74 bits per heavy atom. The largest absolute Gasteiger partial charge is 0.327 e. The highest BCUT2D eigenvalue weighted by molar-refractivity contribution is 7.80. The summed E-state index contributed by atoms with van der Waals surface area (Å²) in [6, 6.07) is 8.15. The van der Waals surface area contributed by atoms with Gasteiger partial charge in [0.15, 0.2) is 5.11 Å². The van der Waals surface area contributed by atoms with Gasteiger partial charge in [-0.1, -0.05) is 29.3 Å². The quantitative estimate of drug-likeness (QED) is 0.485. The van der Waals surface area contributed by atoms with E-state index in [0.29, 0.717) is 5.02 Å². The Morgan fingerprint density at radius 2 is 2.09 bits per heavy atom. The number of nitrogens with one attached hydrogen (secondary N) is 1. The first kappa shape index (κ1) is 16.1. The number of carbonyl (C=O) groups excluding carboxylic acids is 2. The van der Waals surface area contributed by atoms with Crippen molar-refractivity contribution in [1.29, 1.82) is 0 Å². The maximum absolute atomic E-state index is 12.6. The van der Waals surface area contributed by atoms with Crippen molar-refractivity contribution in [3.63, 3.8) is 0 Å². The highest BCUT2D eigenvalue weighted by Crippen LogP contribution is 2.25. The van der Waals surface area contributed by atoms with Gasteiger partial charge in [0.2, 0.25) is 0 Å². The first-order valence-electron chi connectivity index (χ1n) is 6.37. The Bertz CT molecular complexity index is 847. The summed E-state index contributed by atoms with van der Waals surface area (Å²) >= 11 is 18.4. The molecule has 0 atom stereocenters. The van der Waals surface area contributed by atoms with E-state index in [2.05, 4.69) is 5.32 Å². The topological polar surface area (TPSA) is 49.4 Å².